The van der Waals surface area contributed by atoms with Crippen molar-refractivity contribution in [2.24, 2.45) is 0 Å². The van der Waals surface area contributed by atoms with E-state index >= 15 is 0 Å². The van der Waals surface area contributed by atoms with E-state index in [2.05, 4.69) is 25.9 Å². The molecule has 0 aromatic carbocycles. The zero-order valence-corrected chi connectivity index (χ0v) is 11.7. The Bertz CT molecular complexity index is 441. The van der Waals surface area contributed by atoms with E-state index in [1.165, 1.54) is 0 Å². The molecule has 0 bridgehead atoms. The predicted molar refractivity (Wildman–Crippen MR) is 69.5 cm³/mol. The summed E-state index contributed by atoms with van der Waals surface area (Å²) in [4.78, 5) is 12.3. The summed E-state index contributed by atoms with van der Waals surface area (Å²) in [5.41, 5.74) is 1.21. The normalized spacial score (nSPS) is 13.1. The van der Waals surface area contributed by atoms with Crippen LogP contribution in [0.25, 0.3) is 0 Å². The van der Waals surface area contributed by atoms with Gasteiger partial charge in [-0.25, -0.2) is 4.68 Å². The largest absolute Gasteiger partial charge is 0.396 e. The van der Waals surface area contributed by atoms with E-state index in [0.29, 0.717) is 12.0 Å². The third kappa shape index (κ3) is 2.80. The molecule has 1 heterocycles. The molecule has 17 heavy (non-hydrogen) atoms. The van der Waals surface area contributed by atoms with Crippen LogP contribution in [-0.2, 0) is 17.4 Å². The highest BCUT2D eigenvalue weighted by Gasteiger charge is 2.27. The summed E-state index contributed by atoms with van der Waals surface area (Å²) < 4.78 is 1.65. The Labute approximate surface area is 103 Å². The molecule has 0 aliphatic rings. The Hall–Kier alpha value is -1.03. The van der Waals surface area contributed by atoms with Gasteiger partial charge in [0.1, 0.15) is 0 Å². The van der Waals surface area contributed by atoms with Crippen LogP contribution in [0.1, 0.15) is 52.8 Å². The van der Waals surface area contributed by atoms with E-state index in [9.17, 15) is 4.79 Å². The molecule has 2 N–H and O–H groups in total. The number of aliphatic hydroxyl groups is 1. The van der Waals surface area contributed by atoms with Crippen LogP contribution in [0, 0.1) is 0 Å². The molecule has 0 aliphatic heterocycles. The number of rotatable bonds is 2. The maximum atomic E-state index is 12.3. The maximum absolute atomic E-state index is 12.3. The maximum Gasteiger partial charge on any atom is 0.270 e. The summed E-state index contributed by atoms with van der Waals surface area (Å²) >= 11 is 0. The molecule has 0 unspecified atom stereocenters. The highest BCUT2D eigenvalue weighted by Crippen LogP contribution is 2.24. The third-order valence-electron chi connectivity index (χ3n) is 2.77. The van der Waals surface area contributed by atoms with Crippen molar-refractivity contribution >= 4 is 0 Å². The second-order valence-electron chi connectivity index (χ2n) is 6.50. The molecule has 0 spiro atoms. The Morgan fingerprint density at radius 1 is 1.18 bits per heavy atom. The number of nitrogens with zero attached hydrogens (tertiary/aromatic N) is 1. The Morgan fingerprint density at radius 2 is 1.71 bits per heavy atom. The first kappa shape index (κ1) is 14.0. The number of aromatic amines is 1. The summed E-state index contributed by atoms with van der Waals surface area (Å²) in [7, 11) is 0. The highest BCUT2D eigenvalue weighted by atomic mass is 16.3. The number of H-pyrrole nitrogens is 1. The molecular formula is C13H24N2O2. The monoisotopic (exact) mass is 240 g/mol. The van der Waals surface area contributed by atoms with Crippen molar-refractivity contribution < 1.29 is 5.11 Å². The van der Waals surface area contributed by atoms with Gasteiger partial charge in [-0.2, -0.15) is 0 Å². The summed E-state index contributed by atoms with van der Waals surface area (Å²) in [6.07, 6.45) is 0.408. The molecule has 4 nitrogen and oxygen atoms in total. The zero-order chi connectivity index (χ0) is 13.4. The smallest absolute Gasteiger partial charge is 0.270 e. The average molecular weight is 240 g/mol. The molecule has 1 rings (SSSR count). The first-order chi connectivity index (χ1) is 7.59. The quantitative estimate of drug-likeness (QED) is 0.827. The summed E-state index contributed by atoms with van der Waals surface area (Å²) in [5, 5.41) is 12.3. The Balaban J connectivity index is 3.47. The number of aromatic nitrogens is 2. The minimum atomic E-state index is -0.273. The fourth-order valence-corrected chi connectivity index (χ4v) is 1.91. The van der Waals surface area contributed by atoms with Gasteiger partial charge in [0.05, 0.1) is 5.54 Å². The summed E-state index contributed by atoms with van der Waals surface area (Å²) in [6, 6.07) is 0. The van der Waals surface area contributed by atoms with Crippen LogP contribution in [0.5, 0.6) is 0 Å². The second kappa shape index (κ2) is 4.33. The zero-order valence-electron chi connectivity index (χ0n) is 11.7. The van der Waals surface area contributed by atoms with Crippen LogP contribution >= 0.6 is 0 Å². The highest BCUT2D eigenvalue weighted by molar-refractivity contribution is 5.25. The Morgan fingerprint density at radius 3 is 2.06 bits per heavy atom. The number of hydrogen-bond donors (Lipinski definition) is 2. The number of aliphatic hydroxyl groups excluding tert-OH is 1. The third-order valence-corrected chi connectivity index (χ3v) is 2.77. The molecule has 1 aromatic heterocycles. The summed E-state index contributed by atoms with van der Waals surface area (Å²) in [6.45, 7) is 12.1. The molecule has 0 amide bonds. The molecule has 0 saturated carbocycles. The SMILES string of the molecule is CC(C)(C)c1[nH]n(C(C)(C)C)c(=O)c1CCO. The van der Waals surface area contributed by atoms with Crippen molar-refractivity contribution in [1.82, 2.24) is 9.78 Å². The van der Waals surface area contributed by atoms with E-state index in [-0.39, 0.29) is 23.1 Å². The van der Waals surface area contributed by atoms with Crippen molar-refractivity contribution in [3.63, 3.8) is 0 Å². The number of hydrogen-bond acceptors (Lipinski definition) is 2. The van der Waals surface area contributed by atoms with Gasteiger partial charge in [0.15, 0.2) is 0 Å². The standard InChI is InChI=1S/C13H24N2O2/c1-12(2,3)10-9(7-8-16)11(17)15(14-10)13(4,5)6/h14,16H,7-8H2,1-6H3. The van der Waals surface area contributed by atoms with Gasteiger partial charge in [0.2, 0.25) is 0 Å². The molecule has 98 valence electrons. The lowest BCUT2D eigenvalue weighted by Gasteiger charge is -2.21. The van der Waals surface area contributed by atoms with Crippen LogP contribution in [0.3, 0.4) is 0 Å². The van der Waals surface area contributed by atoms with Gasteiger partial charge in [0.25, 0.3) is 5.56 Å². The van der Waals surface area contributed by atoms with Gasteiger partial charge in [-0.05, 0) is 20.8 Å². The van der Waals surface area contributed by atoms with Crippen LogP contribution in [-0.4, -0.2) is 21.5 Å². The molecule has 0 radical (unpaired) electrons. The second-order valence-corrected chi connectivity index (χ2v) is 6.50. The van der Waals surface area contributed by atoms with Crippen molar-refractivity contribution in [2.45, 2.75) is 58.9 Å². The molecule has 0 saturated heterocycles. The molecular weight excluding hydrogens is 216 g/mol. The van der Waals surface area contributed by atoms with E-state index in [0.717, 1.165) is 5.69 Å². The van der Waals surface area contributed by atoms with Crippen molar-refractivity contribution in [3.05, 3.63) is 21.6 Å². The van der Waals surface area contributed by atoms with Gasteiger partial charge in [-0.15, -0.1) is 0 Å². The van der Waals surface area contributed by atoms with Crippen molar-refractivity contribution in [3.8, 4) is 0 Å². The molecule has 0 aliphatic carbocycles. The fourth-order valence-electron chi connectivity index (χ4n) is 1.91. The summed E-state index contributed by atoms with van der Waals surface area (Å²) in [5.74, 6) is 0. The average Bonchev–Trinajstić information content (AvgIpc) is 2.43. The first-order valence-electron chi connectivity index (χ1n) is 6.04. The number of nitrogens with one attached hydrogen (secondary N) is 1. The van der Waals surface area contributed by atoms with Crippen LogP contribution in [0.2, 0.25) is 0 Å². The lowest BCUT2D eigenvalue weighted by Crippen LogP contribution is -2.33. The molecule has 0 atom stereocenters. The first-order valence-corrected chi connectivity index (χ1v) is 6.04. The minimum Gasteiger partial charge on any atom is -0.396 e. The van der Waals surface area contributed by atoms with Crippen molar-refractivity contribution in [2.75, 3.05) is 6.61 Å². The van der Waals surface area contributed by atoms with Crippen LogP contribution in [0.4, 0.5) is 0 Å². The lowest BCUT2D eigenvalue weighted by molar-refractivity contribution is 0.298. The molecule has 0 fully saturated rings. The molecule has 1 aromatic rings. The lowest BCUT2D eigenvalue weighted by atomic mass is 9.89. The Kier molecular flexibility index (Phi) is 3.58. The van der Waals surface area contributed by atoms with E-state index in [4.69, 9.17) is 5.11 Å². The van der Waals surface area contributed by atoms with E-state index < -0.39 is 0 Å². The van der Waals surface area contributed by atoms with Gasteiger partial charge < -0.3 is 5.11 Å². The van der Waals surface area contributed by atoms with Gasteiger partial charge in [0, 0.05) is 29.7 Å². The van der Waals surface area contributed by atoms with Gasteiger partial charge in [-0.1, -0.05) is 20.8 Å². The van der Waals surface area contributed by atoms with Crippen LogP contribution in [0.15, 0.2) is 4.79 Å². The van der Waals surface area contributed by atoms with Crippen molar-refractivity contribution in [1.29, 1.82) is 0 Å². The predicted octanol–water partition coefficient (Wildman–Crippen LogP) is 1.76. The minimum absolute atomic E-state index is 0.000314. The van der Waals surface area contributed by atoms with Gasteiger partial charge in [-0.3, -0.25) is 9.89 Å². The van der Waals surface area contributed by atoms with E-state index in [1.54, 1.807) is 4.68 Å². The fraction of sp³-hybridized carbons (Fsp3) is 0.769. The topological polar surface area (TPSA) is 58.0 Å². The van der Waals surface area contributed by atoms with Crippen LogP contribution < -0.4 is 5.56 Å². The molecule has 4 heteroatoms. The van der Waals surface area contributed by atoms with Gasteiger partial charge >= 0.3 is 0 Å². The van der Waals surface area contributed by atoms with E-state index in [1.807, 2.05) is 20.8 Å².